The van der Waals surface area contributed by atoms with E-state index in [4.69, 9.17) is 17.3 Å². The molecule has 3 N–H and O–H groups in total. The summed E-state index contributed by atoms with van der Waals surface area (Å²) in [6.45, 7) is 4.29. The third kappa shape index (κ3) is 3.08. The van der Waals surface area contributed by atoms with Crippen molar-refractivity contribution >= 4 is 23.4 Å². The molecule has 2 aromatic rings. The summed E-state index contributed by atoms with van der Waals surface area (Å²) in [6, 6.07) is 7.61. The maximum atomic E-state index is 11.7. The van der Waals surface area contributed by atoms with Crippen LogP contribution in [-0.4, -0.2) is 21.3 Å². The molecule has 5 nitrogen and oxygen atoms in total. The van der Waals surface area contributed by atoms with E-state index < -0.39 is 0 Å². The molecule has 0 amide bonds. The van der Waals surface area contributed by atoms with Gasteiger partial charge in [-0.2, -0.15) is 0 Å². The maximum absolute atomic E-state index is 11.7. The predicted octanol–water partition coefficient (Wildman–Crippen LogP) is 2.60. The van der Waals surface area contributed by atoms with Crippen LogP contribution < -0.4 is 11.4 Å². The third-order valence-electron chi connectivity index (χ3n) is 2.90. The quantitative estimate of drug-likeness (QED) is 0.832. The number of halogens is 1. The van der Waals surface area contributed by atoms with Gasteiger partial charge in [0, 0.05) is 17.6 Å². The molecule has 0 spiro atoms. The number of rotatable bonds is 5. The van der Waals surface area contributed by atoms with Gasteiger partial charge in [-0.3, -0.25) is 4.57 Å². The summed E-state index contributed by atoms with van der Waals surface area (Å²) in [4.78, 5) is 11.7. The molecule has 1 aromatic heterocycles. The van der Waals surface area contributed by atoms with E-state index >= 15 is 0 Å². The van der Waals surface area contributed by atoms with E-state index in [1.54, 1.807) is 4.57 Å². The minimum atomic E-state index is -0.211. The van der Waals surface area contributed by atoms with Crippen molar-refractivity contribution < 1.29 is 0 Å². The van der Waals surface area contributed by atoms with Crippen molar-refractivity contribution in [3.8, 4) is 0 Å². The van der Waals surface area contributed by atoms with Crippen molar-refractivity contribution in [2.75, 3.05) is 6.54 Å². The van der Waals surface area contributed by atoms with Crippen molar-refractivity contribution in [1.82, 2.24) is 14.8 Å². The fourth-order valence-corrected chi connectivity index (χ4v) is 3.45. The van der Waals surface area contributed by atoms with Crippen LogP contribution in [0, 0.1) is 0 Å². The molecule has 1 aromatic carbocycles. The molecule has 1 unspecified atom stereocenters. The Balaban J connectivity index is 2.32. The minimum absolute atomic E-state index is 0.0356. The molecule has 0 aliphatic rings. The van der Waals surface area contributed by atoms with Crippen LogP contribution >= 0.6 is 23.4 Å². The smallest absolute Gasteiger partial charge is 0.329 e. The summed E-state index contributed by atoms with van der Waals surface area (Å²) < 4.78 is 1.62. The highest BCUT2D eigenvalue weighted by atomic mass is 35.5. The Morgan fingerprint density at radius 1 is 1.45 bits per heavy atom. The number of hydrogen-bond donors (Lipinski definition) is 2. The number of aromatic nitrogens is 3. The van der Waals surface area contributed by atoms with Crippen molar-refractivity contribution in [2.24, 2.45) is 5.73 Å². The van der Waals surface area contributed by atoms with Gasteiger partial charge in [0.25, 0.3) is 0 Å². The highest BCUT2D eigenvalue weighted by molar-refractivity contribution is 7.99. The highest BCUT2D eigenvalue weighted by Gasteiger charge is 2.19. The Kier molecular flexibility index (Phi) is 4.91. The van der Waals surface area contributed by atoms with Crippen molar-refractivity contribution in [1.29, 1.82) is 0 Å². The van der Waals surface area contributed by atoms with Gasteiger partial charge in [-0.05, 0) is 25.5 Å². The number of H-pyrrole nitrogens is 1. The Morgan fingerprint density at radius 3 is 2.75 bits per heavy atom. The normalized spacial score (nSPS) is 12.8. The predicted molar refractivity (Wildman–Crippen MR) is 82.3 cm³/mol. The fourth-order valence-electron chi connectivity index (χ4n) is 1.93. The topological polar surface area (TPSA) is 76.7 Å². The number of nitrogens with two attached hydrogens (primary N) is 1. The number of aromatic amines is 1. The van der Waals surface area contributed by atoms with Gasteiger partial charge in [0.2, 0.25) is 0 Å². The standard InChI is InChI=1S/C13H17ClN4OS/c1-8(2)18-12(19)16-17-13(18)20-11(7-15)9-5-3-4-6-10(9)14/h3-6,8,11H,7,15H2,1-2H3,(H,16,19). The van der Waals surface area contributed by atoms with Crippen LogP contribution in [-0.2, 0) is 0 Å². The summed E-state index contributed by atoms with van der Waals surface area (Å²) in [5, 5.41) is 7.80. The molecular weight excluding hydrogens is 296 g/mol. The lowest BCUT2D eigenvalue weighted by Crippen LogP contribution is -2.20. The molecule has 0 fully saturated rings. The van der Waals surface area contributed by atoms with Crippen LogP contribution in [0.3, 0.4) is 0 Å². The van der Waals surface area contributed by atoms with Gasteiger partial charge in [-0.1, -0.05) is 41.6 Å². The van der Waals surface area contributed by atoms with E-state index in [0.29, 0.717) is 16.7 Å². The van der Waals surface area contributed by atoms with Crippen molar-refractivity contribution in [3.05, 3.63) is 45.3 Å². The van der Waals surface area contributed by atoms with Crippen molar-refractivity contribution in [2.45, 2.75) is 30.3 Å². The van der Waals surface area contributed by atoms with E-state index in [1.807, 2.05) is 38.1 Å². The minimum Gasteiger partial charge on any atom is -0.329 e. The van der Waals surface area contributed by atoms with Gasteiger partial charge >= 0.3 is 5.69 Å². The summed E-state index contributed by atoms with van der Waals surface area (Å²) in [7, 11) is 0. The molecule has 0 aliphatic heterocycles. The SMILES string of the molecule is CC(C)n1c(SC(CN)c2ccccc2Cl)n[nH]c1=O. The molecule has 7 heteroatoms. The zero-order chi connectivity index (χ0) is 14.7. The van der Waals surface area contributed by atoms with Crippen molar-refractivity contribution in [3.63, 3.8) is 0 Å². The van der Waals surface area contributed by atoms with Gasteiger partial charge < -0.3 is 5.73 Å². The Labute approximate surface area is 126 Å². The van der Waals surface area contributed by atoms with Gasteiger partial charge in [0.15, 0.2) is 5.16 Å². The van der Waals surface area contributed by atoms with Crippen LogP contribution in [0.5, 0.6) is 0 Å². The second kappa shape index (κ2) is 6.47. The van der Waals surface area contributed by atoms with Crippen LogP contribution in [0.2, 0.25) is 5.02 Å². The van der Waals surface area contributed by atoms with E-state index in [0.717, 1.165) is 5.56 Å². The van der Waals surface area contributed by atoms with Crippen LogP contribution in [0.15, 0.2) is 34.2 Å². The first-order valence-electron chi connectivity index (χ1n) is 6.32. The molecule has 0 aliphatic carbocycles. The highest BCUT2D eigenvalue weighted by Crippen LogP contribution is 2.36. The monoisotopic (exact) mass is 312 g/mol. The molecule has 1 heterocycles. The van der Waals surface area contributed by atoms with Gasteiger partial charge in [0.1, 0.15) is 0 Å². The zero-order valence-electron chi connectivity index (χ0n) is 11.3. The Bertz CT molecular complexity index is 637. The third-order valence-corrected chi connectivity index (χ3v) is 4.48. The van der Waals surface area contributed by atoms with Crippen LogP contribution in [0.4, 0.5) is 0 Å². The molecule has 0 saturated heterocycles. The lowest BCUT2D eigenvalue weighted by atomic mass is 10.1. The molecule has 108 valence electrons. The Morgan fingerprint density at radius 2 is 2.15 bits per heavy atom. The number of nitrogens with zero attached hydrogens (tertiary/aromatic N) is 2. The lowest BCUT2D eigenvalue weighted by molar-refractivity contribution is 0.533. The molecule has 0 saturated carbocycles. The second-order valence-electron chi connectivity index (χ2n) is 4.64. The molecule has 20 heavy (non-hydrogen) atoms. The lowest BCUT2D eigenvalue weighted by Gasteiger charge is -2.17. The molecule has 2 rings (SSSR count). The van der Waals surface area contributed by atoms with Gasteiger partial charge in [0.05, 0.1) is 5.25 Å². The first kappa shape index (κ1) is 15.2. The maximum Gasteiger partial charge on any atom is 0.344 e. The van der Waals surface area contributed by atoms with E-state index in [2.05, 4.69) is 10.2 Å². The number of hydrogen-bond acceptors (Lipinski definition) is 4. The number of benzene rings is 1. The fraction of sp³-hybridized carbons (Fsp3) is 0.385. The number of nitrogens with one attached hydrogen (secondary N) is 1. The molecule has 0 bridgehead atoms. The summed E-state index contributed by atoms with van der Waals surface area (Å²) in [5.41, 5.74) is 6.59. The van der Waals surface area contributed by atoms with E-state index in [-0.39, 0.29) is 17.0 Å². The molecular formula is C13H17ClN4OS. The van der Waals surface area contributed by atoms with E-state index in [1.165, 1.54) is 11.8 Å². The van der Waals surface area contributed by atoms with E-state index in [9.17, 15) is 4.79 Å². The first-order valence-corrected chi connectivity index (χ1v) is 7.58. The van der Waals surface area contributed by atoms with Gasteiger partial charge in [-0.15, -0.1) is 5.10 Å². The summed E-state index contributed by atoms with van der Waals surface area (Å²) in [5.74, 6) is 0. The van der Waals surface area contributed by atoms with Gasteiger partial charge in [-0.25, -0.2) is 9.89 Å². The average Bonchev–Trinajstić information content (AvgIpc) is 2.78. The first-order chi connectivity index (χ1) is 9.54. The summed E-state index contributed by atoms with van der Waals surface area (Å²) in [6.07, 6.45) is 0. The molecule has 0 radical (unpaired) electrons. The average molecular weight is 313 g/mol. The number of thioether (sulfide) groups is 1. The largest absolute Gasteiger partial charge is 0.344 e. The Hall–Kier alpha value is -1.24. The van der Waals surface area contributed by atoms with Crippen LogP contribution in [0.25, 0.3) is 0 Å². The summed E-state index contributed by atoms with van der Waals surface area (Å²) >= 11 is 7.65. The molecule has 1 atom stereocenters. The second-order valence-corrected chi connectivity index (χ2v) is 6.22. The van der Waals surface area contributed by atoms with Crippen LogP contribution in [0.1, 0.15) is 30.7 Å². The zero-order valence-corrected chi connectivity index (χ0v) is 12.9.